The van der Waals surface area contributed by atoms with Crippen LogP contribution in [0.3, 0.4) is 0 Å². The number of amides is 1. The molecule has 1 unspecified atom stereocenters. The molecule has 0 spiro atoms. The second-order valence-corrected chi connectivity index (χ2v) is 7.39. The van der Waals surface area contributed by atoms with Crippen molar-refractivity contribution < 1.29 is 28.6 Å². The monoisotopic (exact) mass is 412 g/mol. The average Bonchev–Trinajstić information content (AvgIpc) is 3.29. The van der Waals surface area contributed by atoms with Gasteiger partial charge in [0.2, 0.25) is 6.79 Å². The summed E-state index contributed by atoms with van der Waals surface area (Å²) in [5.74, 6) is -1.63. The highest BCUT2D eigenvalue weighted by molar-refractivity contribution is 6.46. The molecule has 0 saturated carbocycles. The first-order valence-corrected chi connectivity index (χ1v) is 9.46. The van der Waals surface area contributed by atoms with Gasteiger partial charge in [-0.05, 0) is 38.4 Å². The van der Waals surface area contributed by atoms with Gasteiger partial charge in [-0.3, -0.25) is 9.59 Å². The normalized spacial score (nSPS) is 19.7. The molecular formula is C22H21FN2O5. The second kappa shape index (κ2) is 7.79. The number of benzene rings is 2. The van der Waals surface area contributed by atoms with E-state index in [4.69, 9.17) is 9.47 Å². The number of carbonyl (C=O) groups excluding carboxylic acids is 2. The summed E-state index contributed by atoms with van der Waals surface area (Å²) in [5, 5.41) is 11.0. The second-order valence-electron chi connectivity index (χ2n) is 7.39. The predicted molar refractivity (Wildman–Crippen MR) is 107 cm³/mol. The van der Waals surface area contributed by atoms with Crippen LogP contribution in [0.1, 0.15) is 17.2 Å². The summed E-state index contributed by atoms with van der Waals surface area (Å²) in [6, 6.07) is 9.61. The van der Waals surface area contributed by atoms with E-state index >= 15 is 0 Å². The molecule has 0 radical (unpaired) electrons. The number of ketones is 1. The summed E-state index contributed by atoms with van der Waals surface area (Å²) in [6.45, 7) is 0.736. The van der Waals surface area contributed by atoms with Gasteiger partial charge in [0.25, 0.3) is 11.7 Å². The van der Waals surface area contributed by atoms with Gasteiger partial charge in [0.15, 0.2) is 11.5 Å². The zero-order valence-corrected chi connectivity index (χ0v) is 16.6. The number of likely N-dealkylation sites (N-methyl/N-ethyl adjacent to an activating group) is 1. The van der Waals surface area contributed by atoms with Crippen molar-refractivity contribution in [1.82, 2.24) is 9.80 Å². The molecule has 1 atom stereocenters. The molecule has 0 aliphatic carbocycles. The van der Waals surface area contributed by atoms with E-state index in [2.05, 4.69) is 0 Å². The van der Waals surface area contributed by atoms with Gasteiger partial charge in [-0.1, -0.05) is 18.2 Å². The van der Waals surface area contributed by atoms with Crippen molar-refractivity contribution in [2.24, 2.45) is 0 Å². The van der Waals surface area contributed by atoms with Crippen molar-refractivity contribution in [3.8, 4) is 11.5 Å². The van der Waals surface area contributed by atoms with Gasteiger partial charge in [-0.25, -0.2) is 4.39 Å². The Labute approximate surface area is 172 Å². The lowest BCUT2D eigenvalue weighted by molar-refractivity contribution is -0.140. The van der Waals surface area contributed by atoms with Crippen LogP contribution in [0, 0.1) is 5.82 Å². The van der Waals surface area contributed by atoms with E-state index in [1.165, 1.54) is 29.2 Å². The van der Waals surface area contributed by atoms with Crippen molar-refractivity contribution in [3.05, 3.63) is 65.0 Å². The first kappa shape index (κ1) is 19.9. The van der Waals surface area contributed by atoms with Crippen molar-refractivity contribution in [2.45, 2.75) is 6.04 Å². The fourth-order valence-corrected chi connectivity index (χ4v) is 3.64. The number of aliphatic hydroxyl groups excluding tert-OH is 1. The Morgan fingerprint density at radius 3 is 2.63 bits per heavy atom. The summed E-state index contributed by atoms with van der Waals surface area (Å²) in [5.41, 5.74) is 0.284. The molecule has 2 heterocycles. The molecule has 1 amide bonds. The van der Waals surface area contributed by atoms with Crippen LogP contribution in [0.15, 0.2) is 48.0 Å². The first-order valence-electron chi connectivity index (χ1n) is 9.46. The fourth-order valence-electron chi connectivity index (χ4n) is 3.64. The van der Waals surface area contributed by atoms with Crippen LogP contribution in [-0.4, -0.2) is 60.6 Å². The number of aliphatic hydroxyl groups is 1. The quantitative estimate of drug-likeness (QED) is 0.462. The summed E-state index contributed by atoms with van der Waals surface area (Å²) in [6.07, 6.45) is 0. The Hall–Kier alpha value is -3.39. The van der Waals surface area contributed by atoms with Crippen molar-refractivity contribution >= 4 is 17.4 Å². The zero-order chi connectivity index (χ0) is 21.4. The number of nitrogens with zero attached hydrogens (tertiary/aromatic N) is 2. The summed E-state index contributed by atoms with van der Waals surface area (Å²) < 4.78 is 25.3. The standard InChI is InChI=1S/C22H21FN2O5/c1-24(2)9-10-25-19(14-5-3-4-6-15(14)23)18(21(27)22(25)28)20(26)13-7-8-16-17(11-13)30-12-29-16/h3-8,11,19,26H,9-10,12H2,1-2H3/b20-18+. The molecule has 1 N–H and O–H groups in total. The molecule has 2 aromatic rings. The number of fused-ring (bicyclic) bond motifs is 1. The largest absolute Gasteiger partial charge is 0.507 e. The van der Waals surface area contributed by atoms with Crippen LogP contribution in [0.25, 0.3) is 5.76 Å². The van der Waals surface area contributed by atoms with E-state index in [0.717, 1.165) is 0 Å². The van der Waals surface area contributed by atoms with Crippen LogP contribution >= 0.6 is 0 Å². The van der Waals surface area contributed by atoms with Gasteiger partial charge in [-0.2, -0.15) is 0 Å². The summed E-state index contributed by atoms with van der Waals surface area (Å²) in [4.78, 5) is 28.9. The Kier molecular flexibility index (Phi) is 5.17. The Morgan fingerprint density at radius 1 is 1.17 bits per heavy atom. The third-order valence-corrected chi connectivity index (χ3v) is 5.17. The lowest BCUT2D eigenvalue weighted by atomic mass is 9.95. The summed E-state index contributed by atoms with van der Waals surface area (Å²) in [7, 11) is 3.67. The number of carbonyl (C=O) groups is 2. The van der Waals surface area contributed by atoms with Crippen molar-refractivity contribution in [2.75, 3.05) is 34.0 Å². The van der Waals surface area contributed by atoms with E-state index in [-0.39, 0.29) is 35.8 Å². The lowest BCUT2D eigenvalue weighted by Gasteiger charge is -2.26. The van der Waals surface area contributed by atoms with E-state index in [0.29, 0.717) is 18.0 Å². The first-order chi connectivity index (χ1) is 14.4. The fraction of sp³-hybridized carbons (Fsp3) is 0.273. The predicted octanol–water partition coefficient (Wildman–Crippen LogP) is 2.54. The maximum atomic E-state index is 14.7. The highest BCUT2D eigenvalue weighted by Crippen LogP contribution is 2.41. The summed E-state index contributed by atoms with van der Waals surface area (Å²) >= 11 is 0. The molecule has 8 heteroatoms. The van der Waals surface area contributed by atoms with Crippen LogP contribution in [0.5, 0.6) is 11.5 Å². The molecule has 1 saturated heterocycles. The maximum absolute atomic E-state index is 14.7. The number of halogens is 1. The Bertz CT molecular complexity index is 1050. The zero-order valence-electron chi connectivity index (χ0n) is 16.6. The van der Waals surface area contributed by atoms with Gasteiger partial charge in [0.05, 0.1) is 11.6 Å². The number of hydrogen-bond donors (Lipinski definition) is 1. The molecular weight excluding hydrogens is 391 g/mol. The number of likely N-dealkylation sites (tertiary alicyclic amines) is 1. The third-order valence-electron chi connectivity index (χ3n) is 5.17. The number of rotatable bonds is 5. The molecule has 2 aliphatic rings. The van der Waals surface area contributed by atoms with Gasteiger partial charge in [0.1, 0.15) is 11.6 Å². The topological polar surface area (TPSA) is 79.3 Å². The van der Waals surface area contributed by atoms with Crippen LogP contribution in [0.4, 0.5) is 4.39 Å². The number of hydrogen-bond acceptors (Lipinski definition) is 6. The smallest absolute Gasteiger partial charge is 0.295 e. The number of Topliss-reactive ketones (excluding diaryl/α,β-unsaturated/α-hetero) is 1. The molecule has 0 bridgehead atoms. The van der Waals surface area contributed by atoms with Crippen molar-refractivity contribution in [3.63, 3.8) is 0 Å². The van der Waals surface area contributed by atoms with Crippen LogP contribution in [-0.2, 0) is 9.59 Å². The minimum atomic E-state index is -1.03. The highest BCUT2D eigenvalue weighted by Gasteiger charge is 2.46. The van der Waals surface area contributed by atoms with E-state index in [9.17, 15) is 19.1 Å². The van der Waals surface area contributed by atoms with Gasteiger partial charge >= 0.3 is 0 Å². The number of ether oxygens (including phenoxy) is 2. The highest BCUT2D eigenvalue weighted by atomic mass is 19.1. The molecule has 2 aromatic carbocycles. The molecule has 7 nitrogen and oxygen atoms in total. The molecule has 4 rings (SSSR count). The van der Waals surface area contributed by atoms with Crippen LogP contribution in [0.2, 0.25) is 0 Å². The molecule has 2 aliphatic heterocycles. The maximum Gasteiger partial charge on any atom is 0.295 e. The lowest BCUT2D eigenvalue weighted by Crippen LogP contribution is -2.35. The molecule has 1 fully saturated rings. The average molecular weight is 412 g/mol. The van der Waals surface area contributed by atoms with Crippen LogP contribution < -0.4 is 9.47 Å². The Balaban J connectivity index is 1.85. The van der Waals surface area contributed by atoms with Gasteiger partial charge < -0.3 is 24.4 Å². The third kappa shape index (κ3) is 3.39. The van der Waals surface area contributed by atoms with E-state index in [1.807, 2.05) is 19.0 Å². The Morgan fingerprint density at radius 2 is 1.90 bits per heavy atom. The van der Waals surface area contributed by atoms with Crippen molar-refractivity contribution in [1.29, 1.82) is 0 Å². The van der Waals surface area contributed by atoms with E-state index < -0.39 is 23.5 Å². The minimum Gasteiger partial charge on any atom is -0.507 e. The molecule has 156 valence electrons. The van der Waals surface area contributed by atoms with E-state index in [1.54, 1.807) is 18.2 Å². The van der Waals surface area contributed by atoms with Gasteiger partial charge in [-0.15, -0.1) is 0 Å². The minimum absolute atomic E-state index is 0.0592. The SMILES string of the molecule is CN(C)CCN1C(=O)C(=O)/C(=C(/O)c2ccc3c(c2)OCO3)C1c1ccccc1F. The van der Waals surface area contributed by atoms with Gasteiger partial charge in [0, 0.05) is 24.2 Å². The molecule has 0 aromatic heterocycles. The molecule has 30 heavy (non-hydrogen) atoms.